The molecule has 2 atom stereocenters. The number of nitrogens with one attached hydrogen (secondary N) is 1. The Labute approximate surface area is 113 Å². The van der Waals surface area contributed by atoms with Gasteiger partial charge in [-0.1, -0.05) is 23.8 Å². The number of hydrogen-bond acceptors (Lipinski definition) is 2. The Bertz CT molecular complexity index is 476. The van der Waals surface area contributed by atoms with E-state index in [1.165, 1.54) is 0 Å². The Balaban J connectivity index is 2.03. The molecule has 3 N–H and O–H groups in total. The van der Waals surface area contributed by atoms with E-state index in [0.717, 1.165) is 4.47 Å². The van der Waals surface area contributed by atoms with Crippen molar-refractivity contribution in [2.24, 2.45) is 11.7 Å². The van der Waals surface area contributed by atoms with Crippen molar-refractivity contribution in [3.8, 4) is 0 Å². The van der Waals surface area contributed by atoms with Gasteiger partial charge in [0.05, 0.1) is 10.9 Å². The zero-order valence-corrected chi connectivity index (χ0v) is 11.3. The van der Waals surface area contributed by atoms with Crippen LogP contribution in [0.2, 0.25) is 5.02 Å². The van der Waals surface area contributed by atoms with Gasteiger partial charge in [0.1, 0.15) is 0 Å². The molecule has 90 valence electrons. The molecule has 0 heterocycles. The molecule has 1 aliphatic carbocycles. The van der Waals surface area contributed by atoms with Gasteiger partial charge >= 0.3 is 0 Å². The van der Waals surface area contributed by atoms with Gasteiger partial charge in [0.15, 0.2) is 0 Å². The predicted octanol–water partition coefficient (Wildman–Crippen LogP) is 2.94. The van der Waals surface area contributed by atoms with Crippen LogP contribution in [-0.4, -0.2) is 11.9 Å². The molecule has 0 saturated heterocycles. The lowest BCUT2D eigenvalue weighted by molar-refractivity contribution is -0.118. The van der Waals surface area contributed by atoms with Gasteiger partial charge in [0, 0.05) is 16.2 Å². The molecule has 2 unspecified atom stereocenters. The fraction of sp³-hybridized carbons (Fsp3) is 0.250. The molecule has 1 aliphatic rings. The van der Waals surface area contributed by atoms with Crippen molar-refractivity contribution >= 4 is 39.1 Å². The van der Waals surface area contributed by atoms with Gasteiger partial charge in [0.2, 0.25) is 5.91 Å². The molecule has 0 spiro atoms. The zero-order valence-electron chi connectivity index (χ0n) is 8.99. The Kier molecular flexibility index (Phi) is 3.86. The standard InChI is InChI=1S/C12H12BrClN2O/c13-10-4-3-9(6-11(10)14)16-12(17)7-1-2-8(15)5-7/h1-4,6-8H,5,15H2,(H,16,17). The minimum atomic E-state index is -0.146. The third-order valence-electron chi connectivity index (χ3n) is 2.64. The predicted molar refractivity (Wildman–Crippen MR) is 73.0 cm³/mol. The summed E-state index contributed by atoms with van der Waals surface area (Å²) in [6.45, 7) is 0. The molecule has 0 bridgehead atoms. The van der Waals surface area contributed by atoms with Crippen molar-refractivity contribution < 1.29 is 4.79 Å². The van der Waals surface area contributed by atoms with E-state index < -0.39 is 0 Å². The summed E-state index contributed by atoms with van der Waals surface area (Å²) >= 11 is 9.25. The quantitative estimate of drug-likeness (QED) is 0.824. The van der Waals surface area contributed by atoms with Gasteiger partial charge in [-0.15, -0.1) is 0 Å². The average Bonchev–Trinajstić information content (AvgIpc) is 2.70. The van der Waals surface area contributed by atoms with E-state index in [2.05, 4.69) is 21.2 Å². The maximum Gasteiger partial charge on any atom is 0.231 e. The second-order valence-corrected chi connectivity index (χ2v) is 5.27. The molecule has 0 saturated carbocycles. The molecule has 0 aromatic heterocycles. The number of carbonyl (C=O) groups excluding carboxylic acids is 1. The fourth-order valence-electron chi connectivity index (χ4n) is 1.73. The van der Waals surface area contributed by atoms with E-state index >= 15 is 0 Å². The normalized spacial score (nSPS) is 22.8. The van der Waals surface area contributed by atoms with Crippen LogP contribution in [0.3, 0.4) is 0 Å². The Morgan fingerprint density at radius 2 is 2.24 bits per heavy atom. The van der Waals surface area contributed by atoms with Crippen LogP contribution in [0, 0.1) is 5.92 Å². The summed E-state index contributed by atoms with van der Waals surface area (Å²) in [7, 11) is 0. The maximum atomic E-state index is 11.9. The number of benzene rings is 1. The molecule has 0 fully saturated rings. The summed E-state index contributed by atoms with van der Waals surface area (Å²) in [5.41, 5.74) is 6.40. The highest BCUT2D eigenvalue weighted by atomic mass is 79.9. The van der Waals surface area contributed by atoms with Crippen LogP contribution in [0.25, 0.3) is 0 Å². The van der Waals surface area contributed by atoms with Gasteiger partial charge in [-0.25, -0.2) is 0 Å². The second-order valence-electron chi connectivity index (χ2n) is 4.01. The Morgan fingerprint density at radius 1 is 1.47 bits per heavy atom. The first-order valence-electron chi connectivity index (χ1n) is 5.26. The van der Waals surface area contributed by atoms with Gasteiger partial charge in [-0.2, -0.15) is 0 Å². The van der Waals surface area contributed by atoms with Crippen LogP contribution in [0.15, 0.2) is 34.8 Å². The molecule has 1 amide bonds. The number of nitrogens with two attached hydrogens (primary N) is 1. The van der Waals surface area contributed by atoms with Crippen LogP contribution < -0.4 is 11.1 Å². The van der Waals surface area contributed by atoms with Crippen LogP contribution >= 0.6 is 27.5 Å². The van der Waals surface area contributed by atoms with Gasteiger partial charge in [-0.05, 0) is 40.5 Å². The van der Waals surface area contributed by atoms with E-state index in [4.69, 9.17) is 17.3 Å². The molecule has 1 aromatic rings. The zero-order chi connectivity index (χ0) is 12.4. The first-order chi connectivity index (χ1) is 8.06. The molecule has 5 heteroatoms. The second kappa shape index (κ2) is 5.21. The maximum absolute atomic E-state index is 11.9. The Morgan fingerprint density at radius 3 is 2.82 bits per heavy atom. The molecule has 0 aliphatic heterocycles. The van der Waals surface area contributed by atoms with Crippen LogP contribution in [-0.2, 0) is 4.79 Å². The molecule has 17 heavy (non-hydrogen) atoms. The lowest BCUT2D eigenvalue weighted by atomic mass is 10.1. The van der Waals surface area contributed by atoms with E-state index in [0.29, 0.717) is 17.1 Å². The number of amides is 1. The summed E-state index contributed by atoms with van der Waals surface area (Å²) in [4.78, 5) is 11.9. The highest BCUT2D eigenvalue weighted by molar-refractivity contribution is 9.10. The van der Waals surface area contributed by atoms with Crippen LogP contribution in [0.5, 0.6) is 0 Å². The topological polar surface area (TPSA) is 55.1 Å². The molecule has 1 aromatic carbocycles. The fourth-order valence-corrected chi connectivity index (χ4v) is 2.16. The van der Waals surface area contributed by atoms with E-state index in [1.54, 1.807) is 18.2 Å². The van der Waals surface area contributed by atoms with Gasteiger partial charge < -0.3 is 11.1 Å². The molecule has 0 radical (unpaired) electrons. The van der Waals surface area contributed by atoms with E-state index in [-0.39, 0.29) is 17.9 Å². The van der Waals surface area contributed by atoms with Crippen molar-refractivity contribution in [2.45, 2.75) is 12.5 Å². The van der Waals surface area contributed by atoms with Crippen LogP contribution in [0.4, 0.5) is 5.69 Å². The molecule has 2 rings (SSSR count). The summed E-state index contributed by atoms with van der Waals surface area (Å²) in [6, 6.07) is 5.29. The van der Waals surface area contributed by atoms with E-state index in [9.17, 15) is 4.79 Å². The van der Waals surface area contributed by atoms with Crippen molar-refractivity contribution in [1.29, 1.82) is 0 Å². The van der Waals surface area contributed by atoms with Crippen molar-refractivity contribution in [3.63, 3.8) is 0 Å². The van der Waals surface area contributed by atoms with Crippen molar-refractivity contribution in [1.82, 2.24) is 0 Å². The summed E-state index contributed by atoms with van der Waals surface area (Å²) in [5, 5.41) is 3.39. The minimum absolute atomic E-state index is 0.0146. The number of carbonyl (C=O) groups is 1. The number of rotatable bonds is 2. The molecule has 3 nitrogen and oxygen atoms in total. The summed E-state index contributed by atoms with van der Waals surface area (Å²) < 4.78 is 0.806. The monoisotopic (exact) mass is 314 g/mol. The lowest BCUT2D eigenvalue weighted by Crippen LogP contribution is -2.23. The number of halogens is 2. The number of anilines is 1. The SMILES string of the molecule is NC1C=CC(C(=O)Nc2ccc(Br)c(Cl)c2)C1. The van der Waals surface area contributed by atoms with Gasteiger partial charge in [0.25, 0.3) is 0 Å². The molecular weight excluding hydrogens is 304 g/mol. The minimum Gasteiger partial charge on any atom is -0.326 e. The highest BCUT2D eigenvalue weighted by Gasteiger charge is 2.22. The summed E-state index contributed by atoms with van der Waals surface area (Å²) in [6.07, 6.45) is 4.37. The van der Waals surface area contributed by atoms with Gasteiger partial charge in [-0.3, -0.25) is 4.79 Å². The van der Waals surface area contributed by atoms with E-state index in [1.807, 2.05) is 12.2 Å². The van der Waals surface area contributed by atoms with Crippen molar-refractivity contribution in [2.75, 3.05) is 5.32 Å². The highest BCUT2D eigenvalue weighted by Crippen LogP contribution is 2.26. The largest absolute Gasteiger partial charge is 0.326 e. The van der Waals surface area contributed by atoms with Crippen molar-refractivity contribution in [3.05, 3.63) is 39.8 Å². The van der Waals surface area contributed by atoms with Crippen LogP contribution in [0.1, 0.15) is 6.42 Å². The first kappa shape index (κ1) is 12.6. The third-order valence-corrected chi connectivity index (χ3v) is 3.87. The number of hydrogen-bond donors (Lipinski definition) is 2. The lowest BCUT2D eigenvalue weighted by Gasteiger charge is -2.11. The molecular formula is C12H12BrClN2O. The third kappa shape index (κ3) is 3.09. The Hall–Kier alpha value is -0.840. The smallest absolute Gasteiger partial charge is 0.231 e. The first-order valence-corrected chi connectivity index (χ1v) is 6.43. The average molecular weight is 316 g/mol. The summed E-state index contributed by atoms with van der Waals surface area (Å²) in [5.74, 6) is -0.194.